The minimum atomic E-state index is 0.208. The summed E-state index contributed by atoms with van der Waals surface area (Å²) in [7, 11) is 0. The summed E-state index contributed by atoms with van der Waals surface area (Å²) < 4.78 is 0. The molecule has 0 fully saturated rings. The van der Waals surface area contributed by atoms with Crippen molar-refractivity contribution in [1.82, 2.24) is 0 Å². The van der Waals surface area contributed by atoms with Crippen molar-refractivity contribution in [3.8, 4) is 0 Å². The van der Waals surface area contributed by atoms with E-state index in [1.165, 1.54) is 33.4 Å². The number of anilines is 1. The third-order valence-electron chi connectivity index (χ3n) is 10.5. The molecule has 3 aromatic rings. The molecule has 0 spiro atoms. The predicted molar refractivity (Wildman–Crippen MR) is 262 cm³/mol. The SMILES string of the molecule is C=C1/C=C\C(/C=C\C=C/CN(/C=C/C=C(\C=C/C)C(/C=C\C)=C/C)c2ccc(C3C=C(c4ccccc4)C=CC3)c(C(=C)/C=C\C(=C/C)c3ccccc3)c2)/C=C\CC1. The summed E-state index contributed by atoms with van der Waals surface area (Å²) in [5.74, 6) is 0.463. The Kier molecular flexibility index (Phi) is 17.6. The van der Waals surface area contributed by atoms with Gasteiger partial charge in [-0.2, -0.15) is 0 Å². The molecular formula is C58H61N. The van der Waals surface area contributed by atoms with Crippen LogP contribution in [0.25, 0.3) is 16.7 Å². The molecule has 0 radical (unpaired) electrons. The molecule has 2 aliphatic rings. The van der Waals surface area contributed by atoms with Crippen LogP contribution in [0.2, 0.25) is 0 Å². The van der Waals surface area contributed by atoms with Crippen molar-refractivity contribution in [2.45, 2.75) is 52.9 Å². The fourth-order valence-electron chi connectivity index (χ4n) is 7.28. The van der Waals surface area contributed by atoms with E-state index in [1.54, 1.807) is 0 Å². The first-order valence-corrected chi connectivity index (χ1v) is 21.0. The van der Waals surface area contributed by atoms with Crippen molar-refractivity contribution >= 4 is 22.4 Å². The Morgan fingerprint density at radius 1 is 0.763 bits per heavy atom. The van der Waals surface area contributed by atoms with Gasteiger partial charge in [0.15, 0.2) is 0 Å². The highest BCUT2D eigenvalue weighted by atomic mass is 15.1. The highest BCUT2D eigenvalue weighted by molar-refractivity contribution is 5.83. The maximum Gasteiger partial charge on any atom is 0.0415 e. The highest BCUT2D eigenvalue weighted by Crippen LogP contribution is 2.37. The second-order valence-electron chi connectivity index (χ2n) is 14.7. The molecule has 0 amide bonds. The smallest absolute Gasteiger partial charge is 0.0415 e. The Labute approximate surface area is 356 Å². The second kappa shape index (κ2) is 23.7. The summed E-state index contributed by atoms with van der Waals surface area (Å²) in [6.45, 7) is 17.9. The van der Waals surface area contributed by atoms with Crippen LogP contribution in [0.3, 0.4) is 0 Å². The van der Waals surface area contributed by atoms with Crippen molar-refractivity contribution < 1.29 is 0 Å². The maximum absolute atomic E-state index is 4.70. The molecule has 1 nitrogen and oxygen atoms in total. The molecule has 2 aliphatic carbocycles. The first-order valence-electron chi connectivity index (χ1n) is 21.0. The molecule has 59 heavy (non-hydrogen) atoms. The molecule has 0 heterocycles. The molecule has 0 aliphatic heterocycles. The fourth-order valence-corrected chi connectivity index (χ4v) is 7.28. The molecule has 0 bridgehead atoms. The van der Waals surface area contributed by atoms with Gasteiger partial charge in [-0.25, -0.2) is 0 Å². The number of nitrogens with zero attached hydrogens (tertiary/aromatic N) is 1. The highest BCUT2D eigenvalue weighted by Gasteiger charge is 2.19. The average Bonchev–Trinajstić information content (AvgIpc) is 3.27. The van der Waals surface area contributed by atoms with Gasteiger partial charge in [-0.1, -0.05) is 207 Å². The van der Waals surface area contributed by atoms with Crippen LogP contribution < -0.4 is 4.90 Å². The van der Waals surface area contributed by atoms with Gasteiger partial charge in [0.1, 0.15) is 0 Å². The molecule has 0 saturated heterocycles. The minimum absolute atomic E-state index is 0.208. The van der Waals surface area contributed by atoms with Gasteiger partial charge in [-0.05, 0) is 115 Å². The zero-order chi connectivity index (χ0) is 41.7. The Morgan fingerprint density at radius 2 is 1.53 bits per heavy atom. The van der Waals surface area contributed by atoms with Crippen LogP contribution in [0.4, 0.5) is 5.69 Å². The van der Waals surface area contributed by atoms with Gasteiger partial charge in [0, 0.05) is 30.3 Å². The Morgan fingerprint density at radius 3 is 2.27 bits per heavy atom. The lowest BCUT2D eigenvalue weighted by Crippen LogP contribution is -2.16. The normalized spacial score (nSPS) is 19.4. The summed E-state index contributed by atoms with van der Waals surface area (Å²) >= 11 is 0. The summed E-state index contributed by atoms with van der Waals surface area (Å²) in [6.07, 6.45) is 51.4. The minimum Gasteiger partial charge on any atom is -0.344 e. The molecule has 298 valence electrons. The largest absolute Gasteiger partial charge is 0.344 e. The van der Waals surface area contributed by atoms with Crippen LogP contribution >= 0.6 is 0 Å². The van der Waals surface area contributed by atoms with Crippen LogP contribution in [-0.4, -0.2) is 6.54 Å². The standard InChI is InChI=1S/C58H61N/c1-7-24-49(9-3)51(25-8-2)35-23-43-59(42-21-13-14-27-48-28-20-19-26-46(5)36-38-48)56-40-41-57(55-34-22-33-54(44-55)53-31-17-12-18-32-53)58(45-56)47(6)37-39-50(10-4)52-29-15-11-16-30-52/h7-18,20-25,27-33,35-41,43-45,48,55H,5-6,19,26,34,42H2,1-4H3/b21-13-,24-7-,25-8-,27-14-,28-20-,38-36-,39-37-,43-23+,49-9+,50-10+,51-35+. The molecule has 0 N–H and O–H groups in total. The van der Waals surface area contributed by atoms with Gasteiger partial charge >= 0.3 is 0 Å². The first kappa shape index (κ1) is 43.7. The lowest BCUT2D eigenvalue weighted by atomic mass is 9.83. The fraction of sp³-hybridized carbons (Fsp3) is 0.172. The van der Waals surface area contributed by atoms with E-state index < -0.39 is 0 Å². The third kappa shape index (κ3) is 13.3. The number of rotatable bonds is 16. The lowest BCUT2D eigenvalue weighted by molar-refractivity contribution is 0.853. The second-order valence-corrected chi connectivity index (χ2v) is 14.7. The van der Waals surface area contributed by atoms with Crippen LogP contribution in [0.5, 0.6) is 0 Å². The lowest BCUT2D eigenvalue weighted by Gasteiger charge is -2.25. The average molecular weight is 772 g/mol. The quantitative estimate of drug-likeness (QED) is 0.104. The van der Waals surface area contributed by atoms with E-state index in [0.717, 1.165) is 47.2 Å². The molecule has 1 heteroatoms. The van der Waals surface area contributed by atoms with E-state index in [-0.39, 0.29) is 11.8 Å². The predicted octanol–water partition coefficient (Wildman–Crippen LogP) is 16.0. The van der Waals surface area contributed by atoms with Gasteiger partial charge in [0.25, 0.3) is 0 Å². The van der Waals surface area contributed by atoms with Gasteiger partial charge in [0.05, 0.1) is 0 Å². The van der Waals surface area contributed by atoms with E-state index >= 15 is 0 Å². The number of allylic oxidation sites excluding steroid dienone is 26. The van der Waals surface area contributed by atoms with E-state index in [0.29, 0.717) is 6.54 Å². The molecule has 5 rings (SSSR count). The van der Waals surface area contributed by atoms with E-state index in [9.17, 15) is 0 Å². The van der Waals surface area contributed by atoms with Gasteiger partial charge < -0.3 is 4.90 Å². The van der Waals surface area contributed by atoms with Crippen LogP contribution in [0.1, 0.15) is 75.1 Å². The zero-order valence-corrected chi connectivity index (χ0v) is 35.6. The van der Waals surface area contributed by atoms with E-state index in [1.807, 2.05) is 0 Å². The Balaban J connectivity index is 1.55. The van der Waals surface area contributed by atoms with Crippen LogP contribution in [0, 0.1) is 5.92 Å². The third-order valence-corrected chi connectivity index (χ3v) is 10.5. The molecule has 0 aromatic heterocycles. The molecule has 0 saturated carbocycles. The zero-order valence-electron chi connectivity index (χ0n) is 35.6. The van der Waals surface area contributed by atoms with Crippen molar-refractivity contribution in [3.63, 3.8) is 0 Å². The maximum atomic E-state index is 4.70. The topological polar surface area (TPSA) is 3.24 Å². The number of benzene rings is 3. The number of hydrogen-bond donors (Lipinski definition) is 0. The van der Waals surface area contributed by atoms with Crippen molar-refractivity contribution in [3.05, 3.63) is 265 Å². The Hall–Kier alpha value is -6.44. The van der Waals surface area contributed by atoms with Gasteiger partial charge in [-0.15, -0.1) is 0 Å². The summed E-state index contributed by atoms with van der Waals surface area (Å²) in [5, 5.41) is 0. The summed E-state index contributed by atoms with van der Waals surface area (Å²) in [5.41, 5.74) is 12.8. The van der Waals surface area contributed by atoms with Crippen molar-refractivity contribution in [1.29, 1.82) is 0 Å². The first-order chi connectivity index (χ1) is 28.9. The van der Waals surface area contributed by atoms with Crippen molar-refractivity contribution in [2.75, 3.05) is 11.4 Å². The Bertz CT molecular complexity index is 2280. The monoisotopic (exact) mass is 771 g/mol. The summed E-state index contributed by atoms with van der Waals surface area (Å²) in [6, 6.07) is 28.1. The van der Waals surface area contributed by atoms with E-state index in [4.69, 9.17) is 6.58 Å². The molecular weight excluding hydrogens is 711 g/mol. The van der Waals surface area contributed by atoms with Gasteiger partial charge in [0.2, 0.25) is 0 Å². The summed E-state index contributed by atoms with van der Waals surface area (Å²) in [4.78, 5) is 2.32. The van der Waals surface area contributed by atoms with Crippen molar-refractivity contribution in [2.24, 2.45) is 5.92 Å². The van der Waals surface area contributed by atoms with E-state index in [2.05, 4.69) is 252 Å². The number of hydrogen-bond acceptors (Lipinski definition) is 1. The molecule has 2 unspecified atom stereocenters. The molecule has 2 atom stereocenters. The van der Waals surface area contributed by atoms with Gasteiger partial charge in [-0.3, -0.25) is 0 Å². The van der Waals surface area contributed by atoms with Crippen LogP contribution in [-0.2, 0) is 0 Å². The molecule has 3 aromatic carbocycles. The van der Waals surface area contributed by atoms with Crippen LogP contribution in [0.15, 0.2) is 243 Å².